The fourth-order valence-electron chi connectivity index (χ4n) is 2.26. The van der Waals surface area contributed by atoms with Gasteiger partial charge in [-0.3, -0.25) is 4.79 Å². The molecule has 1 aromatic heterocycles. The van der Waals surface area contributed by atoms with Crippen LogP contribution in [0.2, 0.25) is 5.02 Å². The summed E-state index contributed by atoms with van der Waals surface area (Å²) in [7, 11) is 0. The van der Waals surface area contributed by atoms with E-state index in [4.69, 9.17) is 17.3 Å². The standard InChI is InChI=1S/C16H19ClN2O/c1-3-10-19-15(12-4-6-13(17)7-5-12)9-8-14(11(2)18)16(19)20/h4-9,11H,3,10,18H2,1-2H3. The van der Waals surface area contributed by atoms with Crippen molar-refractivity contribution in [3.8, 4) is 11.3 Å². The Kier molecular flexibility index (Phi) is 4.63. The van der Waals surface area contributed by atoms with E-state index in [1.807, 2.05) is 43.3 Å². The molecule has 20 heavy (non-hydrogen) atoms. The molecule has 106 valence electrons. The highest BCUT2D eigenvalue weighted by Crippen LogP contribution is 2.22. The molecule has 4 heteroatoms. The van der Waals surface area contributed by atoms with Crippen molar-refractivity contribution >= 4 is 11.6 Å². The summed E-state index contributed by atoms with van der Waals surface area (Å²) in [6.45, 7) is 4.56. The molecule has 0 saturated heterocycles. The largest absolute Gasteiger partial charge is 0.324 e. The second-order valence-electron chi connectivity index (χ2n) is 4.93. The molecule has 0 fully saturated rings. The Morgan fingerprint density at radius 3 is 2.40 bits per heavy atom. The summed E-state index contributed by atoms with van der Waals surface area (Å²) in [5, 5.41) is 0.685. The summed E-state index contributed by atoms with van der Waals surface area (Å²) in [5.41, 5.74) is 8.38. The number of pyridine rings is 1. The van der Waals surface area contributed by atoms with Crippen molar-refractivity contribution < 1.29 is 0 Å². The monoisotopic (exact) mass is 290 g/mol. The average Bonchev–Trinajstić information content (AvgIpc) is 2.42. The van der Waals surface area contributed by atoms with Crippen molar-refractivity contribution in [2.24, 2.45) is 5.73 Å². The first-order chi connectivity index (χ1) is 9.54. The molecule has 2 aromatic rings. The van der Waals surface area contributed by atoms with Crippen LogP contribution in [0.25, 0.3) is 11.3 Å². The average molecular weight is 291 g/mol. The van der Waals surface area contributed by atoms with Crippen molar-refractivity contribution in [2.45, 2.75) is 32.9 Å². The van der Waals surface area contributed by atoms with E-state index in [-0.39, 0.29) is 11.6 Å². The van der Waals surface area contributed by atoms with Crippen LogP contribution in [-0.4, -0.2) is 4.57 Å². The van der Waals surface area contributed by atoms with Gasteiger partial charge in [0.25, 0.3) is 5.56 Å². The van der Waals surface area contributed by atoms with Crippen molar-refractivity contribution in [3.63, 3.8) is 0 Å². The molecule has 1 heterocycles. The second-order valence-corrected chi connectivity index (χ2v) is 5.36. The van der Waals surface area contributed by atoms with E-state index < -0.39 is 0 Å². The number of nitrogens with two attached hydrogens (primary N) is 1. The molecule has 1 unspecified atom stereocenters. The predicted octanol–water partition coefficient (Wildman–Crippen LogP) is 3.60. The number of aromatic nitrogens is 1. The maximum atomic E-state index is 12.5. The fourth-order valence-corrected chi connectivity index (χ4v) is 2.39. The third kappa shape index (κ3) is 2.94. The van der Waals surface area contributed by atoms with E-state index in [1.54, 1.807) is 4.57 Å². The van der Waals surface area contributed by atoms with Gasteiger partial charge in [0.15, 0.2) is 0 Å². The third-order valence-corrected chi connectivity index (χ3v) is 3.53. The van der Waals surface area contributed by atoms with Gasteiger partial charge in [-0.25, -0.2) is 0 Å². The molecule has 1 atom stereocenters. The number of hydrogen-bond donors (Lipinski definition) is 1. The van der Waals surface area contributed by atoms with Gasteiger partial charge in [-0.1, -0.05) is 30.7 Å². The summed E-state index contributed by atoms with van der Waals surface area (Å²) in [6, 6.07) is 11.0. The van der Waals surface area contributed by atoms with Gasteiger partial charge in [0.1, 0.15) is 0 Å². The van der Waals surface area contributed by atoms with Crippen LogP contribution in [0.15, 0.2) is 41.2 Å². The van der Waals surface area contributed by atoms with Crippen LogP contribution >= 0.6 is 11.6 Å². The fraction of sp³-hybridized carbons (Fsp3) is 0.312. The van der Waals surface area contributed by atoms with E-state index in [1.165, 1.54) is 0 Å². The minimum atomic E-state index is -0.259. The van der Waals surface area contributed by atoms with Crippen LogP contribution in [0.4, 0.5) is 0 Å². The maximum Gasteiger partial charge on any atom is 0.255 e. The quantitative estimate of drug-likeness (QED) is 0.935. The molecule has 0 amide bonds. The second kappa shape index (κ2) is 6.25. The SMILES string of the molecule is CCCn1c(-c2ccc(Cl)cc2)ccc(C(C)N)c1=O. The number of benzene rings is 1. The Morgan fingerprint density at radius 1 is 1.20 bits per heavy atom. The zero-order valence-corrected chi connectivity index (χ0v) is 12.5. The summed E-state index contributed by atoms with van der Waals surface area (Å²) in [5.74, 6) is 0. The van der Waals surface area contributed by atoms with Gasteiger partial charge < -0.3 is 10.3 Å². The van der Waals surface area contributed by atoms with Gasteiger partial charge in [0, 0.05) is 23.2 Å². The molecule has 0 aliphatic rings. The zero-order chi connectivity index (χ0) is 14.7. The Morgan fingerprint density at radius 2 is 1.85 bits per heavy atom. The number of halogens is 1. The van der Waals surface area contributed by atoms with Gasteiger partial charge in [-0.05, 0) is 43.2 Å². The topological polar surface area (TPSA) is 48.0 Å². The Bertz CT molecular complexity index is 645. The van der Waals surface area contributed by atoms with E-state index in [9.17, 15) is 4.79 Å². The van der Waals surface area contributed by atoms with Crippen molar-refractivity contribution in [3.05, 3.63) is 57.3 Å². The number of rotatable bonds is 4. The van der Waals surface area contributed by atoms with E-state index in [2.05, 4.69) is 6.92 Å². The highest BCUT2D eigenvalue weighted by molar-refractivity contribution is 6.30. The van der Waals surface area contributed by atoms with Gasteiger partial charge in [-0.15, -0.1) is 0 Å². The molecular weight excluding hydrogens is 272 g/mol. The molecular formula is C16H19ClN2O. The van der Waals surface area contributed by atoms with Crippen LogP contribution < -0.4 is 11.3 Å². The molecule has 0 bridgehead atoms. The lowest BCUT2D eigenvalue weighted by atomic mass is 10.1. The van der Waals surface area contributed by atoms with Crippen molar-refractivity contribution in [1.29, 1.82) is 0 Å². The van der Waals surface area contributed by atoms with Crippen molar-refractivity contribution in [2.75, 3.05) is 0 Å². The highest BCUT2D eigenvalue weighted by Gasteiger charge is 2.12. The molecule has 3 nitrogen and oxygen atoms in total. The minimum absolute atomic E-state index is 0.00528. The summed E-state index contributed by atoms with van der Waals surface area (Å²) < 4.78 is 1.79. The summed E-state index contributed by atoms with van der Waals surface area (Å²) in [4.78, 5) is 12.5. The van der Waals surface area contributed by atoms with Gasteiger partial charge in [-0.2, -0.15) is 0 Å². The van der Waals surface area contributed by atoms with E-state index >= 15 is 0 Å². The Labute approximate surface area is 124 Å². The number of hydrogen-bond acceptors (Lipinski definition) is 2. The molecule has 2 rings (SSSR count). The minimum Gasteiger partial charge on any atom is -0.324 e. The molecule has 1 aromatic carbocycles. The lowest BCUT2D eigenvalue weighted by Crippen LogP contribution is -2.28. The molecule has 0 aliphatic heterocycles. The first-order valence-electron chi connectivity index (χ1n) is 6.80. The van der Waals surface area contributed by atoms with Gasteiger partial charge in [0.2, 0.25) is 0 Å². The van der Waals surface area contributed by atoms with E-state index in [0.717, 1.165) is 17.7 Å². The highest BCUT2D eigenvalue weighted by atomic mass is 35.5. The normalized spacial score (nSPS) is 12.4. The maximum absolute atomic E-state index is 12.5. The zero-order valence-electron chi connectivity index (χ0n) is 11.8. The lowest BCUT2D eigenvalue weighted by Gasteiger charge is -2.15. The molecule has 2 N–H and O–H groups in total. The van der Waals surface area contributed by atoms with Crippen LogP contribution in [0.5, 0.6) is 0 Å². The summed E-state index contributed by atoms with van der Waals surface area (Å²) >= 11 is 5.91. The van der Waals surface area contributed by atoms with Gasteiger partial charge >= 0.3 is 0 Å². The Hall–Kier alpha value is -1.58. The van der Waals surface area contributed by atoms with E-state index in [0.29, 0.717) is 17.1 Å². The molecule has 0 radical (unpaired) electrons. The third-order valence-electron chi connectivity index (χ3n) is 3.28. The number of nitrogens with zero attached hydrogens (tertiary/aromatic N) is 1. The van der Waals surface area contributed by atoms with Crippen LogP contribution in [-0.2, 0) is 6.54 Å². The lowest BCUT2D eigenvalue weighted by molar-refractivity contribution is 0.643. The van der Waals surface area contributed by atoms with Crippen LogP contribution in [0.3, 0.4) is 0 Å². The molecule has 0 saturated carbocycles. The first kappa shape index (κ1) is 14.8. The Balaban J connectivity index is 2.61. The van der Waals surface area contributed by atoms with Crippen molar-refractivity contribution in [1.82, 2.24) is 4.57 Å². The summed E-state index contributed by atoms with van der Waals surface area (Å²) in [6.07, 6.45) is 0.892. The smallest absolute Gasteiger partial charge is 0.255 e. The molecule has 0 spiro atoms. The van der Waals surface area contributed by atoms with Crippen LogP contribution in [0.1, 0.15) is 31.9 Å². The predicted molar refractivity (Wildman–Crippen MR) is 84.0 cm³/mol. The first-order valence-corrected chi connectivity index (χ1v) is 7.17. The molecule has 0 aliphatic carbocycles. The van der Waals surface area contributed by atoms with Gasteiger partial charge in [0.05, 0.1) is 5.69 Å². The van der Waals surface area contributed by atoms with Crippen LogP contribution in [0, 0.1) is 0 Å².